The van der Waals surface area contributed by atoms with E-state index in [1.165, 1.54) is 45.2 Å². The van der Waals surface area contributed by atoms with Crippen molar-refractivity contribution in [3.8, 4) is 0 Å². The predicted octanol–water partition coefficient (Wildman–Crippen LogP) is 2.23. The van der Waals surface area contributed by atoms with Gasteiger partial charge in [-0.1, -0.05) is 6.42 Å². The van der Waals surface area contributed by atoms with Gasteiger partial charge in [-0.15, -0.1) is 0 Å². The van der Waals surface area contributed by atoms with E-state index in [2.05, 4.69) is 9.47 Å². The van der Waals surface area contributed by atoms with Gasteiger partial charge in [0.2, 0.25) is 5.91 Å². The fourth-order valence-electron chi connectivity index (χ4n) is 5.23. The maximum absolute atomic E-state index is 12.8. The first kappa shape index (κ1) is 16.1. The van der Waals surface area contributed by atoms with Crippen LogP contribution in [0.3, 0.4) is 0 Å². The smallest absolute Gasteiger partial charge is 0.242 e. The number of fused-ring (bicyclic) bond motifs is 4. The van der Waals surface area contributed by atoms with Crippen LogP contribution in [-0.4, -0.2) is 50.9 Å². The van der Waals surface area contributed by atoms with Gasteiger partial charge in [0, 0.05) is 18.3 Å². The number of nitrogens with two attached hydrogens (primary N) is 1. The number of amides is 1. The van der Waals surface area contributed by atoms with Gasteiger partial charge in [-0.3, -0.25) is 4.79 Å². The van der Waals surface area contributed by atoms with Crippen LogP contribution >= 0.6 is 0 Å². The summed E-state index contributed by atoms with van der Waals surface area (Å²) in [4.78, 5) is 22.3. The first-order valence-corrected chi connectivity index (χ1v) is 9.95. The van der Waals surface area contributed by atoms with E-state index in [9.17, 15) is 4.79 Å². The molecule has 0 saturated carbocycles. The number of benzene rings is 1. The average molecular weight is 353 g/mol. The molecule has 0 unspecified atom stereocenters. The van der Waals surface area contributed by atoms with Crippen molar-refractivity contribution in [1.82, 2.24) is 19.4 Å². The molecular formula is C20H27N5O. The summed E-state index contributed by atoms with van der Waals surface area (Å²) in [5.74, 6) is 1.82. The number of nitrogens with zero attached hydrogens (tertiary/aromatic N) is 4. The number of hydrogen-bond acceptors (Lipinski definition) is 4. The molecule has 0 aliphatic carbocycles. The lowest BCUT2D eigenvalue weighted by Crippen LogP contribution is -2.52. The van der Waals surface area contributed by atoms with Crippen molar-refractivity contribution < 1.29 is 4.79 Å². The summed E-state index contributed by atoms with van der Waals surface area (Å²) in [6.45, 7) is 4.39. The second-order valence-corrected chi connectivity index (χ2v) is 8.14. The summed E-state index contributed by atoms with van der Waals surface area (Å²) in [6, 6.07) is 6.43. The van der Waals surface area contributed by atoms with Crippen molar-refractivity contribution in [2.24, 2.45) is 5.92 Å². The highest BCUT2D eigenvalue weighted by atomic mass is 16.2. The van der Waals surface area contributed by atoms with E-state index >= 15 is 0 Å². The van der Waals surface area contributed by atoms with Crippen LogP contribution in [0.1, 0.15) is 37.9 Å². The van der Waals surface area contributed by atoms with E-state index in [1.807, 2.05) is 23.1 Å². The van der Waals surface area contributed by atoms with Crippen molar-refractivity contribution in [2.75, 3.05) is 25.4 Å². The third-order valence-corrected chi connectivity index (χ3v) is 6.51. The van der Waals surface area contributed by atoms with Crippen LogP contribution in [0.4, 0.5) is 5.69 Å². The third-order valence-electron chi connectivity index (χ3n) is 6.51. The Morgan fingerprint density at radius 3 is 2.92 bits per heavy atom. The van der Waals surface area contributed by atoms with Gasteiger partial charge in [0.05, 0.1) is 17.6 Å². The van der Waals surface area contributed by atoms with Crippen molar-refractivity contribution in [1.29, 1.82) is 0 Å². The second kappa shape index (κ2) is 6.27. The minimum Gasteiger partial charge on any atom is -0.399 e. The lowest BCUT2D eigenvalue weighted by atomic mass is 9.83. The summed E-state index contributed by atoms with van der Waals surface area (Å²) in [5.41, 5.74) is 8.52. The van der Waals surface area contributed by atoms with Gasteiger partial charge >= 0.3 is 0 Å². The molecule has 3 aliphatic rings. The molecule has 2 fully saturated rings. The van der Waals surface area contributed by atoms with Crippen LogP contribution in [-0.2, 0) is 17.9 Å². The number of carbonyl (C=O) groups excluding carboxylic acids is 1. The lowest BCUT2D eigenvalue weighted by Gasteiger charge is -2.46. The fourth-order valence-corrected chi connectivity index (χ4v) is 5.23. The van der Waals surface area contributed by atoms with Crippen LogP contribution in [0.2, 0.25) is 0 Å². The zero-order valence-corrected chi connectivity index (χ0v) is 15.2. The Kier molecular flexibility index (Phi) is 3.89. The largest absolute Gasteiger partial charge is 0.399 e. The molecule has 2 saturated heterocycles. The Bertz CT molecular complexity index is 842. The van der Waals surface area contributed by atoms with Crippen molar-refractivity contribution in [3.63, 3.8) is 0 Å². The molecular weight excluding hydrogens is 326 g/mol. The third kappa shape index (κ3) is 2.67. The van der Waals surface area contributed by atoms with Crippen LogP contribution in [0.15, 0.2) is 18.2 Å². The van der Waals surface area contributed by atoms with Gasteiger partial charge in [0.25, 0.3) is 0 Å². The fraction of sp³-hybridized carbons (Fsp3) is 0.600. The molecule has 1 amide bonds. The molecule has 2 aromatic rings. The maximum Gasteiger partial charge on any atom is 0.242 e. The van der Waals surface area contributed by atoms with E-state index < -0.39 is 0 Å². The Labute approximate surface area is 153 Å². The zero-order chi connectivity index (χ0) is 17.7. The summed E-state index contributed by atoms with van der Waals surface area (Å²) in [7, 11) is 0. The molecule has 0 radical (unpaired) electrons. The quantitative estimate of drug-likeness (QED) is 0.841. The van der Waals surface area contributed by atoms with E-state index in [4.69, 9.17) is 10.7 Å². The van der Waals surface area contributed by atoms with Crippen LogP contribution in [0.5, 0.6) is 0 Å². The van der Waals surface area contributed by atoms with Gasteiger partial charge in [0.15, 0.2) is 0 Å². The van der Waals surface area contributed by atoms with Crippen LogP contribution < -0.4 is 5.73 Å². The topological polar surface area (TPSA) is 67.4 Å². The van der Waals surface area contributed by atoms with Gasteiger partial charge in [-0.05, 0) is 62.9 Å². The minimum atomic E-state index is 0.224. The molecule has 1 aromatic heterocycles. The molecule has 138 valence electrons. The Balaban J connectivity index is 1.37. The highest BCUT2D eigenvalue weighted by molar-refractivity contribution is 5.84. The highest BCUT2D eigenvalue weighted by Gasteiger charge is 2.36. The minimum absolute atomic E-state index is 0.224. The molecule has 2 atom stereocenters. The predicted molar refractivity (Wildman–Crippen MR) is 101 cm³/mol. The number of imidazole rings is 1. The summed E-state index contributed by atoms with van der Waals surface area (Å²) in [5, 5.41) is 0. The standard InChI is InChI=1S/C20H27N5O/c21-15-6-7-18-16(10-15)22-19-12-24(20(26)13-25(18)19)11-14-4-3-9-23-8-2-1-5-17(14)23/h6-7,10,14,17H,1-5,8-9,11-13,21H2/t14-,17+/m0/s1. The molecule has 4 heterocycles. The maximum atomic E-state index is 12.8. The zero-order valence-electron chi connectivity index (χ0n) is 15.2. The molecule has 0 bridgehead atoms. The second-order valence-electron chi connectivity index (χ2n) is 8.14. The highest BCUT2D eigenvalue weighted by Crippen LogP contribution is 2.32. The van der Waals surface area contributed by atoms with E-state index in [0.717, 1.165) is 29.1 Å². The van der Waals surface area contributed by atoms with Gasteiger partial charge in [-0.25, -0.2) is 4.98 Å². The molecule has 6 nitrogen and oxygen atoms in total. The van der Waals surface area contributed by atoms with Crippen LogP contribution in [0, 0.1) is 5.92 Å². The van der Waals surface area contributed by atoms with Crippen molar-refractivity contribution in [2.45, 2.75) is 51.2 Å². The average Bonchev–Trinajstić information content (AvgIpc) is 2.98. The number of nitrogen functional groups attached to an aromatic ring is 1. The molecule has 2 N–H and O–H groups in total. The SMILES string of the molecule is Nc1ccc2c(c1)nc1n2CC(=O)N(C[C@@H]2CCCN3CCCC[C@H]23)C1. The Morgan fingerprint density at radius 2 is 2.00 bits per heavy atom. The number of piperidine rings is 2. The monoisotopic (exact) mass is 353 g/mol. The number of aromatic nitrogens is 2. The van der Waals surface area contributed by atoms with Gasteiger partial charge < -0.3 is 20.1 Å². The molecule has 1 aromatic carbocycles. The summed E-state index contributed by atoms with van der Waals surface area (Å²) in [6.07, 6.45) is 6.48. The summed E-state index contributed by atoms with van der Waals surface area (Å²) < 4.78 is 2.06. The Morgan fingerprint density at radius 1 is 1.12 bits per heavy atom. The molecule has 3 aliphatic heterocycles. The van der Waals surface area contributed by atoms with Crippen LogP contribution in [0.25, 0.3) is 11.0 Å². The number of rotatable bonds is 2. The summed E-state index contributed by atoms with van der Waals surface area (Å²) >= 11 is 0. The first-order chi connectivity index (χ1) is 12.7. The van der Waals surface area contributed by atoms with Crippen molar-refractivity contribution >= 4 is 22.6 Å². The Hall–Kier alpha value is -2.08. The lowest BCUT2D eigenvalue weighted by molar-refractivity contribution is -0.135. The first-order valence-electron chi connectivity index (χ1n) is 9.95. The number of anilines is 1. The van der Waals surface area contributed by atoms with E-state index in [-0.39, 0.29) is 5.91 Å². The van der Waals surface area contributed by atoms with Gasteiger partial charge in [-0.2, -0.15) is 0 Å². The molecule has 5 rings (SSSR count). The van der Waals surface area contributed by atoms with Crippen molar-refractivity contribution in [3.05, 3.63) is 24.0 Å². The van der Waals surface area contributed by atoms with E-state index in [0.29, 0.717) is 25.0 Å². The number of carbonyl (C=O) groups is 1. The molecule has 6 heteroatoms. The van der Waals surface area contributed by atoms with E-state index in [1.54, 1.807) is 0 Å². The number of hydrogen-bond donors (Lipinski definition) is 1. The van der Waals surface area contributed by atoms with Gasteiger partial charge in [0.1, 0.15) is 12.4 Å². The molecule has 26 heavy (non-hydrogen) atoms. The molecule has 0 spiro atoms. The normalized spacial score (nSPS) is 26.8.